The summed E-state index contributed by atoms with van der Waals surface area (Å²) >= 11 is 0. The number of piperazine rings is 1. The molecule has 1 atom stereocenters. The van der Waals surface area contributed by atoms with E-state index in [9.17, 15) is 9.59 Å². The Bertz CT molecular complexity index is 511. The lowest BCUT2D eigenvalue weighted by Crippen LogP contribution is -2.57. The molecule has 1 unspecified atom stereocenters. The first-order valence-corrected chi connectivity index (χ1v) is 10.2. The molecule has 2 fully saturated rings. The lowest BCUT2D eigenvalue weighted by Gasteiger charge is -2.39. The number of nitrogens with zero attached hydrogens (tertiary/aromatic N) is 4. The molecular formula is C19H35N5O3. The molecular weight excluding hydrogens is 346 g/mol. The molecule has 0 bridgehead atoms. The minimum atomic E-state index is -0.153. The Morgan fingerprint density at radius 3 is 2.33 bits per heavy atom. The second kappa shape index (κ2) is 11.1. The zero-order valence-electron chi connectivity index (χ0n) is 17.1. The van der Waals surface area contributed by atoms with Crippen LogP contribution in [0.25, 0.3) is 0 Å². The van der Waals surface area contributed by atoms with Crippen molar-refractivity contribution in [3.05, 3.63) is 0 Å². The summed E-state index contributed by atoms with van der Waals surface area (Å²) in [7, 11) is 1.78. The second-order valence-electron chi connectivity index (χ2n) is 7.11. The highest BCUT2D eigenvalue weighted by atomic mass is 16.5. The first kappa shape index (κ1) is 21.5. The number of carbonyl (C=O) groups is 2. The summed E-state index contributed by atoms with van der Waals surface area (Å²) in [5.74, 6) is 0.971. The van der Waals surface area contributed by atoms with Crippen LogP contribution in [0.15, 0.2) is 4.99 Å². The molecule has 2 aliphatic rings. The van der Waals surface area contributed by atoms with E-state index in [-0.39, 0.29) is 17.9 Å². The van der Waals surface area contributed by atoms with Gasteiger partial charge in [0.1, 0.15) is 0 Å². The molecule has 1 amide bonds. The Balaban J connectivity index is 1.71. The minimum absolute atomic E-state index is 0.0511. The number of ether oxygens (including phenoxy) is 1. The highest BCUT2D eigenvalue weighted by molar-refractivity contribution is 5.82. The van der Waals surface area contributed by atoms with Gasteiger partial charge in [0.15, 0.2) is 5.96 Å². The van der Waals surface area contributed by atoms with E-state index < -0.39 is 0 Å². The van der Waals surface area contributed by atoms with Crippen LogP contribution in [-0.2, 0) is 14.3 Å². The number of rotatable bonds is 7. The zero-order chi connectivity index (χ0) is 19.6. The average Bonchev–Trinajstić information content (AvgIpc) is 3.22. The Morgan fingerprint density at radius 2 is 1.74 bits per heavy atom. The number of nitrogens with one attached hydrogen (secondary N) is 1. The Labute approximate surface area is 162 Å². The molecule has 0 aromatic carbocycles. The largest absolute Gasteiger partial charge is 0.466 e. The summed E-state index contributed by atoms with van der Waals surface area (Å²) in [5.41, 5.74) is 0. The topological polar surface area (TPSA) is 77.5 Å². The quantitative estimate of drug-likeness (QED) is 0.300. The SMILES string of the molecule is CCOC(=O)CCCNC(=NC)N1CCN(C(C)C(=O)N2CCCC2)CC1. The number of likely N-dealkylation sites (tertiary alicyclic amines) is 1. The summed E-state index contributed by atoms with van der Waals surface area (Å²) in [6.45, 7) is 10.2. The molecule has 8 heteroatoms. The van der Waals surface area contributed by atoms with Gasteiger partial charge in [-0.2, -0.15) is 0 Å². The molecule has 2 heterocycles. The van der Waals surface area contributed by atoms with Gasteiger partial charge >= 0.3 is 5.97 Å². The van der Waals surface area contributed by atoms with Crippen LogP contribution in [0, 0.1) is 0 Å². The Hall–Kier alpha value is -1.83. The van der Waals surface area contributed by atoms with Crippen molar-refractivity contribution in [2.75, 3.05) is 59.5 Å². The monoisotopic (exact) mass is 381 g/mol. The van der Waals surface area contributed by atoms with E-state index in [0.717, 1.165) is 64.5 Å². The van der Waals surface area contributed by atoms with Crippen molar-refractivity contribution >= 4 is 17.8 Å². The molecule has 2 saturated heterocycles. The average molecular weight is 382 g/mol. The molecule has 0 radical (unpaired) electrons. The zero-order valence-corrected chi connectivity index (χ0v) is 17.1. The van der Waals surface area contributed by atoms with Gasteiger partial charge in [-0.1, -0.05) is 0 Å². The predicted octanol–water partition coefficient (Wildman–Crippen LogP) is 0.534. The minimum Gasteiger partial charge on any atom is -0.466 e. The van der Waals surface area contributed by atoms with Gasteiger partial charge in [0.25, 0.3) is 0 Å². The van der Waals surface area contributed by atoms with Crippen LogP contribution in [0.5, 0.6) is 0 Å². The fourth-order valence-corrected chi connectivity index (χ4v) is 3.68. The van der Waals surface area contributed by atoms with Gasteiger partial charge in [0.2, 0.25) is 5.91 Å². The van der Waals surface area contributed by atoms with E-state index in [1.807, 2.05) is 18.7 Å². The van der Waals surface area contributed by atoms with Crippen molar-refractivity contribution in [2.24, 2.45) is 4.99 Å². The molecule has 0 spiro atoms. The highest BCUT2D eigenvalue weighted by Crippen LogP contribution is 2.14. The number of aliphatic imine (C=N–C) groups is 1. The van der Waals surface area contributed by atoms with Gasteiger partial charge in [-0.15, -0.1) is 0 Å². The molecule has 2 aliphatic heterocycles. The molecule has 0 aromatic heterocycles. The van der Waals surface area contributed by atoms with E-state index in [0.29, 0.717) is 19.6 Å². The van der Waals surface area contributed by atoms with Crippen molar-refractivity contribution in [2.45, 2.75) is 45.6 Å². The normalized spacial score (nSPS) is 19.9. The third-order valence-electron chi connectivity index (χ3n) is 5.29. The van der Waals surface area contributed by atoms with Gasteiger partial charge in [0.05, 0.1) is 12.6 Å². The molecule has 0 saturated carbocycles. The first-order valence-electron chi connectivity index (χ1n) is 10.2. The number of hydrogen-bond acceptors (Lipinski definition) is 5. The number of amides is 1. The first-order chi connectivity index (χ1) is 13.1. The molecule has 2 rings (SSSR count). The van der Waals surface area contributed by atoms with E-state index >= 15 is 0 Å². The van der Waals surface area contributed by atoms with Crippen molar-refractivity contribution in [1.82, 2.24) is 20.0 Å². The summed E-state index contributed by atoms with van der Waals surface area (Å²) < 4.78 is 4.94. The van der Waals surface area contributed by atoms with E-state index in [1.165, 1.54) is 0 Å². The number of hydrogen-bond donors (Lipinski definition) is 1. The van der Waals surface area contributed by atoms with Crippen LogP contribution in [0.1, 0.15) is 39.5 Å². The molecule has 154 valence electrons. The maximum atomic E-state index is 12.6. The van der Waals surface area contributed by atoms with Gasteiger partial charge in [0, 0.05) is 59.3 Å². The highest BCUT2D eigenvalue weighted by Gasteiger charge is 2.30. The summed E-state index contributed by atoms with van der Waals surface area (Å²) in [4.78, 5) is 34.8. The molecule has 1 N–H and O–H groups in total. The van der Waals surface area contributed by atoms with E-state index in [4.69, 9.17) is 4.74 Å². The maximum Gasteiger partial charge on any atom is 0.305 e. The summed E-state index contributed by atoms with van der Waals surface area (Å²) in [6.07, 6.45) is 3.40. The predicted molar refractivity (Wildman–Crippen MR) is 106 cm³/mol. The smallest absolute Gasteiger partial charge is 0.305 e. The molecule has 0 aliphatic carbocycles. The van der Waals surface area contributed by atoms with Crippen molar-refractivity contribution in [3.8, 4) is 0 Å². The molecule has 27 heavy (non-hydrogen) atoms. The molecule has 8 nitrogen and oxygen atoms in total. The summed E-state index contributed by atoms with van der Waals surface area (Å²) in [6, 6.07) is -0.0511. The van der Waals surface area contributed by atoms with Crippen molar-refractivity contribution in [1.29, 1.82) is 0 Å². The van der Waals surface area contributed by atoms with Crippen molar-refractivity contribution < 1.29 is 14.3 Å². The molecule has 0 aromatic rings. The fraction of sp³-hybridized carbons (Fsp3) is 0.842. The van der Waals surface area contributed by atoms with Crippen LogP contribution >= 0.6 is 0 Å². The third-order valence-corrected chi connectivity index (χ3v) is 5.29. The van der Waals surface area contributed by atoms with E-state index in [1.54, 1.807) is 7.05 Å². The third kappa shape index (κ3) is 6.37. The number of carbonyl (C=O) groups excluding carboxylic acids is 2. The van der Waals surface area contributed by atoms with Crippen LogP contribution < -0.4 is 5.32 Å². The Morgan fingerprint density at radius 1 is 1.07 bits per heavy atom. The van der Waals surface area contributed by atoms with Crippen LogP contribution in [0.4, 0.5) is 0 Å². The van der Waals surface area contributed by atoms with Gasteiger partial charge in [-0.25, -0.2) is 0 Å². The maximum absolute atomic E-state index is 12.6. The van der Waals surface area contributed by atoms with Gasteiger partial charge < -0.3 is 19.9 Å². The lowest BCUT2D eigenvalue weighted by molar-refractivity contribution is -0.143. The summed E-state index contributed by atoms with van der Waals surface area (Å²) in [5, 5.41) is 3.32. The van der Waals surface area contributed by atoms with Gasteiger partial charge in [-0.05, 0) is 33.1 Å². The van der Waals surface area contributed by atoms with E-state index in [2.05, 4.69) is 20.1 Å². The Kier molecular flexibility index (Phi) is 8.84. The van der Waals surface area contributed by atoms with Crippen molar-refractivity contribution in [3.63, 3.8) is 0 Å². The fourth-order valence-electron chi connectivity index (χ4n) is 3.68. The van der Waals surface area contributed by atoms with Crippen LogP contribution in [-0.4, -0.2) is 98.0 Å². The van der Waals surface area contributed by atoms with Gasteiger partial charge in [-0.3, -0.25) is 19.5 Å². The second-order valence-corrected chi connectivity index (χ2v) is 7.11. The number of guanidine groups is 1. The van der Waals surface area contributed by atoms with Crippen LogP contribution in [0.3, 0.4) is 0 Å². The van der Waals surface area contributed by atoms with Crippen LogP contribution in [0.2, 0.25) is 0 Å². The lowest BCUT2D eigenvalue weighted by atomic mass is 10.2. The number of esters is 1. The standard InChI is InChI=1S/C19H35N5O3/c1-4-27-17(25)8-7-9-21-19(20-3)24-14-12-22(13-15-24)16(2)18(26)23-10-5-6-11-23/h16H,4-15H2,1-3H3,(H,20,21).